The minimum absolute atomic E-state index is 0.837. The highest BCUT2D eigenvalue weighted by Crippen LogP contribution is 2.48. The second-order valence-electron chi connectivity index (χ2n) is 15.2. The maximum Gasteiger partial charge on any atom is 0.159 e. The van der Waals surface area contributed by atoms with Gasteiger partial charge >= 0.3 is 0 Å². The molecular weight excluding hydrogens is 719 g/mol. The van der Waals surface area contributed by atoms with Crippen LogP contribution >= 0.6 is 0 Å². The highest BCUT2D eigenvalue weighted by Gasteiger charge is 2.23. The molecule has 10 aromatic carbocycles. The largest absolute Gasteiger partial charge is 0.455 e. The van der Waals surface area contributed by atoms with Crippen LogP contribution in [-0.4, -0.2) is 0 Å². The van der Waals surface area contributed by atoms with Gasteiger partial charge < -0.3 is 13.7 Å². The van der Waals surface area contributed by atoms with Crippen molar-refractivity contribution < 1.29 is 8.83 Å². The SMILES string of the molecule is c1ccc(-c2cccc3c2oc2c(N(c4ccc(-c5cccc6c5oc5ccccc56)cc4)c4ccc(-c5cccc6ccccc56)c5ccccc45)cccc23)cc1. The van der Waals surface area contributed by atoms with Gasteiger partial charge in [0.05, 0.1) is 11.4 Å². The van der Waals surface area contributed by atoms with E-state index >= 15 is 0 Å². The molecule has 3 nitrogen and oxygen atoms in total. The first-order valence-electron chi connectivity index (χ1n) is 20.1. The van der Waals surface area contributed by atoms with Gasteiger partial charge in [-0.05, 0) is 68.7 Å². The zero-order valence-corrected chi connectivity index (χ0v) is 32.0. The summed E-state index contributed by atoms with van der Waals surface area (Å²) in [5.74, 6) is 0. The van der Waals surface area contributed by atoms with Crippen molar-refractivity contribution in [1.29, 1.82) is 0 Å². The van der Waals surface area contributed by atoms with Crippen molar-refractivity contribution in [2.75, 3.05) is 4.90 Å². The first-order chi connectivity index (χ1) is 29.3. The van der Waals surface area contributed by atoms with E-state index in [1.54, 1.807) is 0 Å². The van der Waals surface area contributed by atoms with Gasteiger partial charge in [-0.3, -0.25) is 0 Å². The molecule has 12 aromatic rings. The molecule has 0 aliphatic rings. The van der Waals surface area contributed by atoms with Gasteiger partial charge in [0.2, 0.25) is 0 Å². The van der Waals surface area contributed by atoms with E-state index < -0.39 is 0 Å². The molecule has 0 aliphatic carbocycles. The summed E-state index contributed by atoms with van der Waals surface area (Å²) in [6.45, 7) is 0. The van der Waals surface area contributed by atoms with Gasteiger partial charge in [0.15, 0.2) is 5.58 Å². The Morgan fingerprint density at radius 1 is 0.271 bits per heavy atom. The van der Waals surface area contributed by atoms with Crippen molar-refractivity contribution in [2.45, 2.75) is 0 Å². The molecule has 0 fully saturated rings. The van der Waals surface area contributed by atoms with Gasteiger partial charge in [0.1, 0.15) is 16.7 Å². The van der Waals surface area contributed by atoms with Crippen molar-refractivity contribution in [2.24, 2.45) is 0 Å². The van der Waals surface area contributed by atoms with Crippen LogP contribution in [0.5, 0.6) is 0 Å². The Labute approximate surface area is 340 Å². The number of para-hydroxylation sites is 4. The Balaban J connectivity index is 1.09. The van der Waals surface area contributed by atoms with E-state index in [0.29, 0.717) is 0 Å². The Kier molecular flexibility index (Phi) is 7.54. The molecule has 0 amide bonds. The summed E-state index contributed by atoms with van der Waals surface area (Å²) in [4.78, 5) is 2.37. The summed E-state index contributed by atoms with van der Waals surface area (Å²) in [5.41, 5.74) is 13.3. The van der Waals surface area contributed by atoms with E-state index in [0.717, 1.165) is 88.6 Å². The average molecular weight is 754 g/mol. The second-order valence-corrected chi connectivity index (χ2v) is 15.2. The molecular formula is C56H35NO2. The van der Waals surface area contributed by atoms with E-state index in [9.17, 15) is 0 Å². The molecule has 3 heteroatoms. The Bertz CT molecular complexity index is 3550. The summed E-state index contributed by atoms with van der Waals surface area (Å²) in [6.07, 6.45) is 0. The van der Waals surface area contributed by atoms with E-state index in [2.05, 4.69) is 205 Å². The molecule has 0 spiro atoms. The van der Waals surface area contributed by atoms with Crippen LogP contribution in [0.15, 0.2) is 221 Å². The van der Waals surface area contributed by atoms with Crippen LogP contribution in [0.2, 0.25) is 0 Å². The molecule has 59 heavy (non-hydrogen) atoms. The minimum atomic E-state index is 0.837. The lowest BCUT2D eigenvalue weighted by Crippen LogP contribution is -2.11. The summed E-state index contributed by atoms with van der Waals surface area (Å²) >= 11 is 0. The van der Waals surface area contributed by atoms with Crippen LogP contribution in [0.25, 0.3) is 98.8 Å². The summed E-state index contributed by atoms with van der Waals surface area (Å²) in [5, 5.41) is 9.20. The zero-order valence-electron chi connectivity index (χ0n) is 32.0. The molecule has 0 saturated heterocycles. The normalized spacial score (nSPS) is 11.7. The minimum Gasteiger partial charge on any atom is -0.455 e. The van der Waals surface area contributed by atoms with E-state index in [4.69, 9.17) is 8.83 Å². The third-order valence-electron chi connectivity index (χ3n) is 11.9. The summed E-state index contributed by atoms with van der Waals surface area (Å²) in [6, 6.07) is 75.6. The van der Waals surface area contributed by atoms with Crippen LogP contribution < -0.4 is 4.90 Å². The van der Waals surface area contributed by atoms with Crippen LogP contribution in [0, 0.1) is 0 Å². The van der Waals surface area contributed by atoms with Crippen molar-refractivity contribution >= 4 is 82.5 Å². The standard InChI is InChI=1S/C56H35NO2/c1-2-14-37(15-3-1)41-22-12-26-49-50-27-13-28-52(56(50)59-55(41)49)57(39-32-30-38(31-33-39)42-23-11-25-48-47-21-8-9-29-53(47)58-54(42)48)51-35-34-45(44-19-6-7-20-46(44)51)43-24-10-17-36-16-4-5-18-40(36)43/h1-35H. The maximum absolute atomic E-state index is 7.06. The van der Waals surface area contributed by atoms with Gasteiger partial charge in [-0.1, -0.05) is 182 Å². The predicted octanol–water partition coefficient (Wildman–Crippen LogP) is 16.3. The maximum atomic E-state index is 7.06. The van der Waals surface area contributed by atoms with Gasteiger partial charge in [0.25, 0.3) is 0 Å². The van der Waals surface area contributed by atoms with Gasteiger partial charge in [-0.15, -0.1) is 0 Å². The Hall–Kier alpha value is -7.88. The molecule has 276 valence electrons. The number of nitrogens with zero attached hydrogens (tertiary/aromatic N) is 1. The quantitative estimate of drug-likeness (QED) is 0.169. The van der Waals surface area contributed by atoms with Crippen LogP contribution in [-0.2, 0) is 0 Å². The lowest BCUT2D eigenvalue weighted by molar-refractivity contribution is 0.670. The lowest BCUT2D eigenvalue weighted by atomic mass is 9.93. The fourth-order valence-corrected chi connectivity index (χ4v) is 9.17. The molecule has 0 atom stereocenters. The lowest BCUT2D eigenvalue weighted by Gasteiger charge is -2.28. The monoisotopic (exact) mass is 753 g/mol. The molecule has 2 heterocycles. The molecule has 0 aliphatic heterocycles. The fourth-order valence-electron chi connectivity index (χ4n) is 9.17. The highest BCUT2D eigenvalue weighted by atomic mass is 16.3. The Morgan fingerprint density at radius 3 is 1.59 bits per heavy atom. The second kappa shape index (κ2) is 13.4. The smallest absolute Gasteiger partial charge is 0.159 e. The number of fused-ring (bicyclic) bond motifs is 8. The number of hydrogen-bond acceptors (Lipinski definition) is 3. The van der Waals surface area contributed by atoms with E-state index in [-0.39, 0.29) is 0 Å². The summed E-state index contributed by atoms with van der Waals surface area (Å²) < 4.78 is 13.5. The third-order valence-corrected chi connectivity index (χ3v) is 11.9. The highest BCUT2D eigenvalue weighted by molar-refractivity contribution is 6.16. The molecule has 0 N–H and O–H groups in total. The number of furan rings is 2. The first-order valence-corrected chi connectivity index (χ1v) is 20.1. The molecule has 0 radical (unpaired) electrons. The fraction of sp³-hybridized carbons (Fsp3) is 0. The number of rotatable bonds is 6. The number of anilines is 3. The Morgan fingerprint density at radius 2 is 0.797 bits per heavy atom. The first kappa shape index (κ1) is 33.3. The van der Waals surface area contributed by atoms with Crippen molar-refractivity contribution in [1.82, 2.24) is 0 Å². The van der Waals surface area contributed by atoms with Gasteiger partial charge in [-0.2, -0.15) is 0 Å². The number of benzene rings is 10. The number of hydrogen-bond donors (Lipinski definition) is 0. The van der Waals surface area contributed by atoms with E-state index in [1.807, 2.05) is 12.1 Å². The molecule has 2 aromatic heterocycles. The van der Waals surface area contributed by atoms with Crippen molar-refractivity contribution in [3.05, 3.63) is 212 Å². The average Bonchev–Trinajstić information content (AvgIpc) is 3.89. The van der Waals surface area contributed by atoms with Crippen LogP contribution in [0.1, 0.15) is 0 Å². The molecule has 12 rings (SSSR count). The molecule has 0 bridgehead atoms. The molecule has 0 saturated carbocycles. The summed E-state index contributed by atoms with van der Waals surface area (Å²) in [7, 11) is 0. The van der Waals surface area contributed by atoms with Gasteiger partial charge in [0, 0.05) is 43.7 Å². The van der Waals surface area contributed by atoms with Crippen molar-refractivity contribution in [3.63, 3.8) is 0 Å². The van der Waals surface area contributed by atoms with E-state index in [1.165, 1.54) is 27.3 Å². The van der Waals surface area contributed by atoms with Crippen molar-refractivity contribution in [3.8, 4) is 33.4 Å². The van der Waals surface area contributed by atoms with Gasteiger partial charge in [-0.25, -0.2) is 0 Å². The zero-order chi connectivity index (χ0) is 38.9. The predicted molar refractivity (Wildman–Crippen MR) is 247 cm³/mol. The van der Waals surface area contributed by atoms with Crippen LogP contribution in [0.3, 0.4) is 0 Å². The molecule has 0 unspecified atom stereocenters. The van der Waals surface area contributed by atoms with Crippen LogP contribution in [0.4, 0.5) is 17.1 Å². The topological polar surface area (TPSA) is 29.5 Å². The third kappa shape index (κ3) is 5.29.